The number of benzene rings is 1. The summed E-state index contributed by atoms with van der Waals surface area (Å²) in [5, 5.41) is 8.44. The number of amides is 1. The number of carbonyl (C=O) groups excluding carboxylic acids is 1. The van der Waals surface area contributed by atoms with Gasteiger partial charge in [-0.25, -0.2) is 14.3 Å². The Morgan fingerprint density at radius 2 is 2.09 bits per heavy atom. The number of nitrogens with zero attached hydrogens (tertiary/aromatic N) is 1. The summed E-state index contributed by atoms with van der Waals surface area (Å²) in [5.41, 5.74) is -0.914. The maximum Gasteiger partial charge on any atom is 0.341 e. The largest absolute Gasteiger partial charge is 0.488 e. The molecule has 0 bridgehead atoms. The molecule has 8 heteroatoms. The second kappa shape index (κ2) is 6.64. The smallest absolute Gasteiger partial charge is 0.341 e. The Kier molecular flexibility index (Phi) is 4.83. The minimum atomic E-state index is -0.565. The average molecular weight is 322 g/mol. The zero-order chi connectivity index (χ0) is 17.0. The SMILES string of the molecule is CC(C)(C)[C@H](COc1ccccc1F)NC(=O)c1n[nH]c(=O)[nH]1. The van der Waals surface area contributed by atoms with Gasteiger partial charge >= 0.3 is 5.69 Å². The molecule has 1 heterocycles. The van der Waals surface area contributed by atoms with Crippen LogP contribution in [0.15, 0.2) is 29.1 Å². The summed E-state index contributed by atoms with van der Waals surface area (Å²) in [6, 6.07) is 5.63. The van der Waals surface area contributed by atoms with Crippen LogP contribution in [0.2, 0.25) is 0 Å². The number of hydrogen-bond donors (Lipinski definition) is 3. The molecule has 0 saturated carbocycles. The van der Waals surface area contributed by atoms with Gasteiger partial charge in [0.25, 0.3) is 5.91 Å². The minimum Gasteiger partial charge on any atom is -0.488 e. The number of halogens is 1. The Bertz CT molecular complexity index is 733. The lowest BCUT2D eigenvalue weighted by atomic mass is 9.87. The highest BCUT2D eigenvalue weighted by Gasteiger charge is 2.28. The van der Waals surface area contributed by atoms with Crippen LogP contribution in [0.5, 0.6) is 5.75 Å². The summed E-state index contributed by atoms with van der Waals surface area (Å²) >= 11 is 0. The number of aromatic amines is 2. The van der Waals surface area contributed by atoms with Gasteiger partial charge in [-0.1, -0.05) is 32.9 Å². The van der Waals surface area contributed by atoms with Crippen molar-refractivity contribution >= 4 is 5.91 Å². The number of nitrogens with one attached hydrogen (secondary N) is 3. The summed E-state index contributed by atoms with van der Waals surface area (Å²) in [5.74, 6) is -1.01. The molecule has 1 amide bonds. The molecule has 0 fully saturated rings. The second-order valence-corrected chi connectivity index (χ2v) is 6.16. The monoisotopic (exact) mass is 322 g/mol. The number of H-pyrrole nitrogens is 2. The fourth-order valence-corrected chi connectivity index (χ4v) is 1.85. The van der Waals surface area contributed by atoms with Crippen molar-refractivity contribution in [2.75, 3.05) is 6.61 Å². The van der Waals surface area contributed by atoms with Crippen LogP contribution in [-0.2, 0) is 0 Å². The van der Waals surface area contributed by atoms with Crippen LogP contribution >= 0.6 is 0 Å². The highest BCUT2D eigenvalue weighted by atomic mass is 19.1. The van der Waals surface area contributed by atoms with E-state index in [2.05, 4.69) is 20.5 Å². The molecule has 1 aromatic carbocycles. The van der Waals surface area contributed by atoms with Crippen LogP contribution in [0.3, 0.4) is 0 Å². The molecule has 3 N–H and O–H groups in total. The Labute approximate surface area is 132 Å². The molecular weight excluding hydrogens is 303 g/mol. The Morgan fingerprint density at radius 1 is 1.39 bits per heavy atom. The quantitative estimate of drug-likeness (QED) is 0.776. The number of carbonyl (C=O) groups is 1. The van der Waals surface area contributed by atoms with Crippen molar-refractivity contribution in [2.24, 2.45) is 5.41 Å². The maximum absolute atomic E-state index is 13.6. The molecular formula is C15H19FN4O3. The Morgan fingerprint density at radius 3 is 2.65 bits per heavy atom. The van der Waals surface area contributed by atoms with Crippen molar-refractivity contribution in [1.29, 1.82) is 0 Å². The highest BCUT2D eigenvalue weighted by molar-refractivity contribution is 5.90. The van der Waals surface area contributed by atoms with E-state index in [0.29, 0.717) is 0 Å². The summed E-state index contributed by atoms with van der Waals surface area (Å²) in [7, 11) is 0. The van der Waals surface area contributed by atoms with Crippen molar-refractivity contribution in [3.05, 3.63) is 46.4 Å². The van der Waals surface area contributed by atoms with E-state index in [1.165, 1.54) is 12.1 Å². The molecule has 0 saturated heterocycles. The van der Waals surface area contributed by atoms with Gasteiger partial charge in [0.2, 0.25) is 5.82 Å². The van der Waals surface area contributed by atoms with Gasteiger partial charge in [-0.3, -0.25) is 9.78 Å². The molecule has 0 aliphatic rings. The lowest BCUT2D eigenvalue weighted by molar-refractivity contribution is 0.0850. The molecule has 7 nitrogen and oxygen atoms in total. The fourth-order valence-electron chi connectivity index (χ4n) is 1.85. The van der Waals surface area contributed by atoms with Crippen molar-refractivity contribution in [3.8, 4) is 5.75 Å². The summed E-state index contributed by atoms with van der Waals surface area (Å²) in [6.45, 7) is 5.81. The minimum absolute atomic E-state index is 0.0742. The third-order valence-electron chi connectivity index (χ3n) is 3.31. The molecule has 0 unspecified atom stereocenters. The molecule has 1 aromatic heterocycles. The maximum atomic E-state index is 13.6. The van der Waals surface area contributed by atoms with E-state index in [1.54, 1.807) is 12.1 Å². The number of para-hydroxylation sites is 1. The molecule has 2 aromatic rings. The van der Waals surface area contributed by atoms with Crippen molar-refractivity contribution in [3.63, 3.8) is 0 Å². The highest BCUT2D eigenvalue weighted by Crippen LogP contribution is 2.22. The number of aromatic nitrogens is 3. The topological polar surface area (TPSA) is 99.9 Å². The lowest BCUT2D eigenvalue weighted by Crippen LogP contribution is -2.47. The molecule has 0 aliphatic heterocycles. The van der Waals surface area contributed by atoms with Gasteiger partial charge in [-0.2, -0.15) is 0 Å². The van der Waals surface area contributed by atoms with Gasteiger partial charge in [-0.15, -0.1) is 5.10 Å². The molecule has 124 valence electrons. The van der Waals surface area contributed by atoms with Crippen LogP contribution in [0, 0.1) is 11.2 Å². The van der Waals surface area contributed by atoms with Crippen LogP contribution in [0.25, 0.3) is 0 Å². The summed E-state index contributed by atoms with van der Waals surface area (Å²) in [6.07, 6.45) is 0. The van der Waals surface area contributed by atoms with E-state index in [-0.39, 0.29) is 23.6 Å². The number of hydrogen-bond acceptors (Lipinski definition) is 4. The third-order valence-corrected chi connectivity index (χ3v) is 3.31. The van der Waals surface area contributed by atoms with Crippen LogP contribution in [0.4, 0.5) is 4.39 Å². The summed E-state index contributed by atoms with van der Waals surface area (Å²) < 4.78 is 19.1. The van der Waals surface area contributed by atoms with Crippen LogP contribution in [-0.4, -0.2) is 33.7 Å². The summed E-state index contributed by atoms with van der Waals surface area (Å²) in [4.78, 5) is 25.4. The first-order valence-corrected chi connectivity index (χ1v) is 7.10. The second-order valence-electron chi connectivity index (χ2n) is 6.16. The molecule has 1 atom stereocenters. The lowest BCUT2D eigenvalue weighted by Gasteiger charge is -2.31. The third kappa shape index (κ3) is 4.41. The van der Waals surface area contributed by atoms with Crippen molar-refractivity contribution in [2.45, 2.75) is 26.8 Å². The molecule has 0 radical (unpaired) electrons. The van der Waals surface area contributed by atoms with Gasteiger partial charge in [-0.05, 0) is 17.5 Å². The van der Waals surface area contributed by atoms with E-state index < -0.39 is 23.5 Å². The first-order chi connectivity index (χ1) is 10.8. The fraction of sp³-hybridized carbons (Fsp3) is 0.400. The first-order valence-electron chi connectivity index (χ1n) is 7.10. The van der Waals surface area contributed by atoms with Gasteiger partial charge in [0.15, 0.2) is 11.6 Å². The normalized spacial score (nSPS) is 12.7. The van der Waals surface area contributed by atoms with E-state index in [9.17, 15) is 14.0 Å². The average Bonchev–Trinajstić information content (AvgIpc) is 2.90. The van der Waals surface area contributed by atoms with E-state index in [4.69, 9.17) is 4.74 Å². The molecule has 0 aliphatic carbocycles. The van der Waals surface area contributed by atoms with Gasteiger partial charge in [0.1, 0.15) is 6.61 Å². The van der Waals surface area contributed by atoms with Crippen molar-refractivity contribution in [1.82, 2.24) is 20.5 Å². The van der Waals surface area contributed by atoms with E-state index >= 15 is 0 Å². The van der Waals surface area contributed by atoms with E-state index in [1.807, 2.05) is 20.8 Å². The van der Waals surface area contributed by atoms with E-state index in [0.717, 1.165) is 0 Å². The van der Waals surface area contributed by atoms with Gasteiger partial charge in [0.05, 0.1) is 6.04 Å². The zero-order valence-corrected chi connectivity index (χ0v) is 13.1. The zero-order valence-electron chi connectivity index (χ0n) is 13.1. The van der Waals surface area contributed by atoms with Gasteiger partial charge < -0.3 is 10.1 Å². The van der Waals surface area contributed by atoms with Crippen LogP contribution in [0.1, 0.15) is 31.4 Å². The molecule has 2 rings (SSSR count). The number of ether oxygens (including phenoxy) is 1. The van der Waals surface area contributed by atoms with Gasteiger partial charge in [0, 0.05) is 0 Å². The van der Waals surface area contributed by atoms with Crippen LogP contribution < -0.4 is 15.7 Å². The standard InChI is InChI=1S/C15H19FN4O3/c1-15(2,3)11(8-23-10-7-5-4-6-9(10)16)17-13(21)12-18-14(22)20-19-12/h4-7,11H,8H2,1-3H3,(H,17,21)(H2,18,19,20,22)/t11-/m0/s1. The number of rotatable bonds is 5. The predicted octanol–water partition coefficient (Wildman–Crippen LogP) is 1.46. The predicted molar refractivity (Wildman–Crippen MR) is 81.8 cm³/mol. The van der Waals surface area contributed by atoms with Crippen molar-refractivity contribution < 1.29 is 13.9 Å². The first kappa shape index (κ1) is 16.7. The Hall–Kier alpha value is -2.64. The Balaban J connectivity index is 2.07. The molecule has 23 heavy (non-hydrogen) atoms. The molecule has 0 spiro atoms.